The number of aryl methyl sites for hydroxylation is 1. The van der Waals surface area contributed by atoms with Gasteiger partial charge in [-0.15, -0.1) is 0 Å². The molecule has 0 fully saturated rings. The largest absolute Gasteiger partial charge is 0.492 e. The van der Waals surface area contributed by atoms with Crippen LogP contribution < -0.4 is 10.5 Å². The minimum Gasteiger partial charge on any atom is -0.492 e. The van der Waals surface area contributed by atoms with E-state index in [4.69, 9.17) is 10.5 Å². The van der Waals surface area contributed by atoms with Crippen molar-refractivity contribution < 1.29 is 9.53 Å². The molecule has 0 aliphatic carbocycles. The molecule has 0 unspecified atom stereocenters. The molecule has 0 aliphatic rings. The van der Waals surface area contributed by atoms with Gasteiger partial charge < -0.3 is 19.9 Å². The normalized spacial score (nSPS) is 10.8. The molecule has 0 spiro atoms. The Bertz CT molecular complexity index is 619. The fourth-order valence-corrected chi connectivity index (χ4v) is 2.08. The second-order valence-corrected chi connectivity index (χ2v) is 4.72. The summed E-state index contributed by atoms with van der Waals surface area (Å²) in [5.74, 6) is 1.18. The summed E-state index contributed by atoms with van der Waals surface area (Å²) in [4.78, 5) is 17.6. The minimum atomic E-state index is 0.0622. The van der Waals surface area contributed by atoms with Crippen LogP contribution in [0.1, 0.15) is 13.3 Å². The van der Waals surface area contributed by atoms with E-state index in [9.17, 15) is 4.79 Å². The number of nitrogen functional groups attached to an aromatic ring is 1. The first-order chi connectivity index (χ1) is 9.54. The van der Waals surface area contributed by atoms with Crippen molar-refractivity contribution >= 4 is 22.9 Å². The van der Waals surface area contributed by atoms with Crippen molar-refractivity contribution in [1.29, 1.82) is 0 Å². The highest BCUT2D eigenvalue weighted by molar-refractivity contribution is 5.84. The van der Waals surface area contributed by atoms with Crippen molar-refractivity contribution in [2.45, 2.75) is 19.9 Å². The first-order valence-corrected chi connectivity index (χ1v) is 6.62. The molecule has 0 aliphatic heterocycles. The highest BCUT2D eigenvalue weighted by Crippen LogP contribution is 2.27. The number of anilines is 1. The Morgan fingerprint density at radius 2 is 2.20 bits per heavy atom. The van der Waals surface area contributed by atoms with Gasteiger partial charge in [0, 0.05) is 27.1 Å². The summed E-state index contributed by atoms with van der Waals surface area (Å²) in [7, 11) is 3.48. The SMILES string of the molecule is CCOc1cccc2c1nc(N)n2CCC(=O)N(C)C. The number of nitrogens with two attached hydrogens (primary N) is 1. The van der Waals surface area contributed by atoms with Crippen molar-refractivity contribution in [3.63, 3.8) is 0 Å². The van der Waals surface area contributed by atoms with Gasteiger partial charge in [0.2, 0.25) is 11.9 Å². The molecule has 6 heteroatoms. The van der Waals surface area contributed by atoms with Gasteiger partial charge in [0.15, 0.2) is 0 Å². The highest BCUT2D eigenvalue weighted by atomic mass is 16.5. The molecule has 1 aromatic heterocycles. The first kappa shape index (κ1) is 14.2. The van der Waals surface area contributed by atoms with Crippen LogP contribution in [0.5, 0.6) is 5.75 Å². The fraction of sp³-hybridized carbons (Fsp3) is 0.429. The van der Waals surface area contributed by atoms with Gasteiger partial charge in [-0.1, -0.05) is 6.07 Å². The fourth-order valence-electron chi connectivity index (χ4n) is 2.08. The Kier molecular flexibility index (Phi) is 4.12. The van der Waals surface area contributed by atoms with Crippen LogP contribution in [0.2, 0.25) is 0 Å². The maximum absolute atomic E-state index is 11.7. The van der Waals surface area contributed by atoms with E-state index in [0.717, 1.165) is 16.8 Å². The van der Waals surface area contributed by atoms with Gasteiger partial charge in [-0.25, -0.2) is 4.98 Å². The van der Waals surface area contributed by atoms with Gasteiger partial charge in [-0.3, -0.25) is 4.79 Å². The molecule has 2 N–H and O–H groups in total. The molecule has 20 heavy (non-hydrogen) atoms. The molecule has 0 bridgehead atoms. The zero-order chi connectivity index (χ0) is 14.7. The molecule has 6 nitrogen and oxygen atoms in total. The van der Waals surface area contributed by atoms with Gasteiger partial charge in [0.1, 0.15) is 11.3 Å². The molecule has 1 amide bonds. The number of carbonyl (C=O) groups is 1. The summed E-state index contributed by atoms with van der Waals surface area (Å²) >= 11 is 0. The minimum absolute atomic E-state index is 0.0622. The molecule has 108 valence electrons. The number of ether oxygens (including phenoxy) is 1. The van der Waals surface area contributed by atoms with E-state index >= 15 is 0 Å². The van der Waals surface area contributed by atoms with Crippen LogP contribution in [0.3, 0.4) is 0 Å². The number of aromatic nitrogens is 2. The maximum Gasteiger partial charge on any atom is 0.223 e. The zero-order valence-corrected chi connectivity index (χ0v) is 12.1. The van der Waals surface area contributed by atoms with E-state index in [1.807, 2.05) is 29.7 Å². The van der Waals surface area contributed by atoms with E-state index in [2.05, 4.69) is 4.98 Å². The smallest absolute Gasteiger partial charge is 0.223 e. The molecule has 2 rings (SSSR count). The molecule has 0 saturated carbocycles. The predicted molar refractivity (Wildman–Crippen MR) is 78.6 cm³/mol. The Morgan fingerprint density at radius 1 is 1.45 bits per heavy atom. The lowest BCUT2D eigenvalue weighted by Gasteiger charge is -2.11. The number of benzene rings is 1. The lowest BCUT2D eigenvalue weighted by atomic mass is 10.3. The third-order valence-corrected chi connectivity index (χ3v) is 3.12. The third-order valence-electron chi connectivity index (χ3n) is 3.12. The van der Waals surface area contributed by atoms with Crippen molar-refractivity contribution in [3.05, 3.63) is 18.2 Å². The number of hydrogen-bond donors (Lipinski definition) is 1. The quantitative estimate of drug-likeness (QED) is 0.898. The Balaban J connectivity index is 2.32. The molecule has 0 radical (unpaired) electrons. The molecule has 1 heterocycles. The Morgan fingerprint density at radius 3 is 2.85 bits per heavy atom. The topological polar surface area (TPSA) is 73.4 Å². The molecule has 0 saturated heterocycles. The van der Waals surface area contributed by atoms with Crippen LogP contribution in [0.15, 0.2) is 18.2 Å². The standard InChI is InChI=1S/C14H20N4O2/c1-4-20-11-7-5-6-10-13(11)16-14(15)18(10)9-8-12(19)17(2)3/h5-7H,4,8-9H2,1-3H3,(H2,15,16). The zero-order valence-electron chi connectivity index (χ0n) is 12.1. The van der Waals surface area contributed by atoms with Gasteiger partial charge in [0.25, 0.3) is 0 Å². The van der Waals surface area contributed by atoms with E-state index in [0.29, 0.717) is 25.5 Å². The average molecular weight is 276 g/mol. The van der Waals surface area contributed by atoms with Crippen LogP contribution in [0, 0.1) is 0 Å². The van der Waals surface area contributed by atoms with Crippen LogP contribution >= 0.6 is 0 Å². The Labute approximate surface area is 118 Å². The number of para-hydroxylation sites is 1. The number of nitrogens with zero attached hydrogens (tertiary/aromatic N) is 3. The summed E-state index contributed by atoms with van der Waals surface area (Å²) in [5.41, 5.74) is 7.58. The molecular weight excluding hydrogens is 256 g/mol. The van der Waals surface area contributed by atoms with E-state index in [1.165, 1.54) is 0 Å². The molecule has 2 aromatic rings. The monoisotopic (exact) mass is 276 g/mol. The second kappa shape index (κ2) is 5.81. The lowest BCUT2D eigenvalue weighted by Crippen LogP contribution is -2.23. The van der Waals surface area contributed by atoms with E-state index in [-0.39, 0.29) is 5.91 Å². The average Bonchev–Trinajstić information content (AvgIpc) is 2.73. The summed E-state index contributed by atoms with van der Waals surface area (Å²) in [5, 5.41) is 0. The van der Waals surface area contributed by atoms with Crippen LogP contribution in [0.25, 0.3) is 11.0 Å². The van der Waals surface area contributed by atoms with E-state index < -0.39 is 0 Å². The van der Waals surface area contributed by atoms with E-state index in [1.54, 1.807) is 19.0 Å². The first-order valence-electron chi connectivity index (χ1n) is 6.62. The van der Waals surface area contributed by atoms with Gasteiger partial charge in [-0.2, -0.15) is 0 Å². The summed E-state index contributed by atoms with van der Waals surface area (Å²) in [6.45, 7) is 3.01. The van der Waals surface area contributed by atoms with Crippen LogP contribution in [-0.2, 0) is 11.3 Å². The highest BCUT2D eigenvalue weighted by Gasteiger charge is 2.13. The van der Waals surface area contributed by atoms with Crippen molar-refractivity contribution in [2.24, 2.45) is 0 Å². The number of fused-ring (bicyclic) bond motifs is 1. The number of hydrogen-bond acceptors (Lipinski definition) is 4. The number of carbonyl (C=O) groups excluding carboxylic acids is 1. The van der Waals surface area contributed by atoms with Crippen LogP contribution in [0.4, 0.5) is 5.95 Å². The van der Waals surface area contributed by atoms with Crippen LogP contribution in [-0.4, -0.2) is 41.1 Å². The van der Waals surface area contributed by atoms with Crippen molar-refractivity contribution in [1.82, 2.24) is 14.5 Å². The number of rotatable bonds is 5. The number of imidazole rings is 1. The maximum atomic E-state index is 11.7. The van der Waals surface area contributed by atoms with Crippen molar-refractivity contribution in [2.75, 3.05) is 26.4 Å². The van der Waals surface area contributed by atoms with Gasteiger partial charge >= 0.3 is 0 Å². The van der Waals surface area contributed by atoms with Gasteiger partial charge in [0.05, 0.1) is 12.1 Å². The van der Waals surface area contributed by atoms with Crippen molar-refractivity contribution in [3.8, 4) is 5.75 Å². The Hall–Kier alpha value is -2.24. The summed E-state index contributed by atoms with van der Waals surface area (Å²) < 4.78 is 7.39. The molecule has 1 aromatic carbocycles. The molecule has 0 atom stereocenters. The summed E-state index contributed by atoms with van der Waals surface area (Å²) in [6, 6.07) is 5.70. The molecular formula is C14H20N4O2. The second-order valence-electron chi connectivity index (χ2n) is 4.72. The number of amides is 1. The van der Waals surface area contributed by atoms with Gasteiger partial charge in [-0.05, 0) is 19.1 Å². The predicted octanol–water partition coefficient (Wildman–Crippen LogP) is 1.50. The summed E-state index contributed by atoms with van der Waals surface area (Å²) in [6.07, 6.45) is 0.390. The third kappa shape index (κ3) is 2.68. The lowest BCUT2D eigenvalue weighted by molar-refractivity contribution is -0.128.